The fraction of sp³-hybridized carbons (Fsp3) is 0.833. The summed E-state index contributed by atoms with van der Waals surface area (Å²) in [5.41, 5.74) is 1.59. The molecule has 0 amide bonds. The standard InChI is InChI=1S/C18H30O3/c1-5-6-12(2)9-13(3)15-7-8-17-16(10-15)11-20-18(17)21-14(4)19/h10,12-13,16-18H,5-9,11H2,1-4H3. The Hall–Kier alpha value is -0.830. The van der Waals surface area contributed by atoms with Gasteiger partial charge in [0.05, 0.1) is 6.61 Å². The van der Waals surface area contributed by atoms with Crippen molar-refractivity contribution in [3.8, 4) is 0 Å². The first-order chi connectivity index (χ1) is 10.0. The van der Waals surface area contributed by atoms with Crippen LogP contribution in [0.15, 0.2) is 11.6 Å². The molecule has 1 fully saturated rings. The van der Waals surface area contributed by atoms with Gasteiger partial charge in [-0.15, -0.1) is 0 Å². The van der Waals surface area contributed by atoms with Gasteiger partial charge >= 0.3 is 5.97 Å². The summed E-state index contributed by atoms with van der Waals surface area (Å²) in [6.45, 7) is 9.14. The molecule has 0 radical (unpaired) electrons. The molecule has 1 aliphatic heterocycles. The summed E-state index contributed by atoms with van der Waals surface area (Å²) in [5.74, 6) is 2.02. The van der Waals surface area contributed by atoms with E-state index in [-0.39, 0.29) is 12.3 Å². The summed E-state index contributed by atoms with van der Waals surface area (Å²) in [6.07, 6.45) is 8.19. The Morgan fingerprint density at radius 1 is 1.48 bits per heavy atom. The summed E-state index contributed by atoms with van der Waals surface area (Å²) in [4.78, 5) is 11.1. The van der Waals surface area contributed by atoms with Crippen LogP contribution in [0.1, 0.15) is 59.8 Å². The maximum absolute atomic E-state index is 11.1. The van der Waals surface area contributed by atoms with E-state index >= 15 is 0 Å². The molecule has 0 aromatic rings. The van der Waals surface area contributed by atoms with Crippen LogP contribution in [0.4, 0.5) is 0 Å². The van der Waals surface area contributed by atoms with Gasteiger partial charge in [-0.1, -0.05) is 45.3 Å². The lowest BCUT2D eigenvalue weighted by atomic mass is 9.77. The lowest BCUT2D eigenvalue weighted by Crippen LogP contribution is -2.27. The molecule has 120 valence electrons. The van der Waals surface area contributed by atoms with Crippen LogP contribution in [0, 0.1) is 23.7 Å². The van der Waals surface area contributed by atoms with Gasteiger partial charge < -0.3 is 9.47 Å². The molecule has 0 N–H and O–H groups in total. The molecule has 0 aromatic heterocycles. The van der Waals surface area contributed by atoms with Crippen molar-refractivity contribution in [2.75, 3.05) is 6.61 Å². The monoisotopic (exact) mass is 294 g/mol. The van der Waals surface area contributed by atoms with Crippen molar-refractivity contribution < 1.29 is 14.3 Å². The summed E-state index contributed by atoms with van der Waals surface area (Å²) in [6, 6.07) is 0. The van der Waals surface area contributed by atoms with E-state index in [2.05, 4.69) is 26.8 Å². The highest BCUT2D eigenvalue weighted by Gasteiger charge is 2.40. The molecule has 3 nitrogen and oxygen atoms in total. The predicted molar refractivity (Wildman–Crippen MR) is 83.7 cm³/mol. The number of carbonyl (C=O) groups excluding carboxylic acids is 1. The van der Waals surface area contributed by atoms with Crippen molar-refractivity contribution >= 4 is 5.97 Å². The zero-order valence-electron chi connectivity index (χ0n) is 13.9. The molecule has 1 heterocycles. The average Bonchev–Trinajstić information content (AvgIpc) is 2.80. The second-order valence-corrected chi connectivity index (χ2v) is 6.95. The van der Waals surface area contributed by atoms with Gasteiger partial charge in [-0.3, -0.25) is 4.79 Å². The third-order valence-corrected chi connectivity index (χ3v) is 5.00. The van der Waals surface area contributed by atoms with Gasteiger partial charge in [0.15, 0.2) is 0 Å². The van der Waals surface area contributed by atoms with Crippen molar-refractivity contribution in [3.05, 3.63) is 11.6 Å². The Balaban J connectivity index is 1.92. The molecule has 1 aliphatic carbocycles. The fourth-order valence-electron chi connectivity index (χ4n) is 3.93. The number of hydrogen-bond acceptors (Lipinski definition) is 3. The first-order valence-corrected chi connectivity index (χ1v) is 8.50. The maximum Gasteiger partial charge on any atom is 0.304 e. The average molecular weight is 294 g/mol. The molecule has 0 aromatic carbocycles. The quantitative estimate of drug-likeness (QED) is 0.540. The minimum absolute atomic E-state index is 0.239. The first-order valence-electron chi connectivity index (χ1n) is 8.50. The third kappa shape index (κ3) is 4.32. The second-order valence-electron chi connectivity index (χ2n) is 6.95. The topological polar surface area (TPSA) is 35.5 Å². The Labute approximate surface area is 129 Å². The molecule has 3 heteroatoms. The number of carbonyl (C=O) groups is 1. The zero-order chi connectivity index (χ0) is 15.4. The second kappa shape index (κ2) is 7.44. The van der Waals surface area contributed by atoms with Gasteiger partial charge in [-0.25, -0.2) is 0 Å². The number of hydrogen-bond donors (Lipinski definition) is 0. The van der Waals surface area contributed by atoms with Gasteiger partial charge in [0.1, 0.15) is 0 Å². The molecular weight excluding hydrogens is 264 g/mol. The highest BCUT2D eigenvalue weighted by molar-refractivity contribution is 5.66. The van der Waals surface area contributed by atoms with Crippen LogP contribution in [0.5, 0.6) is 0 Å². The van der Waals surface area contributed by atoms with Gasteiger partial charge in [0.25, 0.3) is 0 Å². The van der Waals surface area contributed by atoms with Crippen molar-refractivity contribution in [2.45, 2.75) is 66.1 Å². The van der Waals surface area contributed by atoms with E-state index in [0.717, 1.165) is 18.8 Å². The van der Waals surface area contributed by atoms with E-state index in [0.29, 0.717) is 24.4 Å². The number of esters is 1. The fourth-order valence-corrected chi connectivity index (χ4v) is 3.93. The molecule has 0 bridgehead atoms. The van der Waals surface area contributed by atoms with Gasteiger partial charge in [0.2, 0.25) is 6.29 Å². The van der Waals surface area contributed by atoms with Crippen LogP contribution in [0.3, 0.4) is 0 Å². The van der Waals surface area contributed by atoms with E-state index in [1.54, 1.807) is 5.57 Å². The van der Waals surface area contributed by atoms with Crippen molar-refractivity contribution in [1.82, 2.24) is 0 Å². The van der Waals surface area contributed by atoms with E-state index in [4.69, 9.17) is 9.47 Å². The van der Waals surface area contributed by atoms with Crippen molar-refractivity contribution in [2.24, 2.45) is 23.7 Å². The predicted octanol–water partition coefficient (Wildman–Crippen LogP) is 4.32. The minimum atomic E-state index is -0.320. The smallest absolute Gasteiger partial charge is 0.304 e. The minimum Gasteiger partial charge on any atom is -0.436 e. The largest absolute Gasteiger partial charge is 0.436 e. The van der Waals surface area contributed by atoms with Crippen molar-refractivity contribution in [1.29, 1.82) is 0 Å². The van der Waals surface area contributed by atoms with Gasteiger partial charge in [-0.05, 0) is 31.1 Å². The van der Waals surface area contributed by atoms with Crippen LogP contribution < -0.4 is 0 Å². The van der Waals surface area contributed by atoms with Crippen LogP contribution in [-0.2, 0) is 14.3 Å². The molecule has 5 unspecified atom stereocenters. The highest BCUT2D eigenvalue weighted by Crippen LogP contribution is 2.41. The zero-order valence-corrected chi connectivity index (χ0v) is 13.9. The van der Waals surface area contributed by atoms with E-state index < -0.39 is 0 Å². The SMILES string of the molecule is CCCC(C)CC(C)C1=CC2COC(OC(C)=O)C2CC1. The summed E-state index contributed by atoms with van der Waals surface area (Å²) in [7, 11) is 0. The van der Waals surface area contributed by atoms with Crippen LogP contribution >= 0.6 is 0 Å². The van der Waals surface area contributed by atoms with E-state index in [1.165, 1.54) is 26.2 Å². The molecule has 0 saturated carbocycles. The maximum atomic E-state index is 11.1. The molecule has 5 atom stereocenters. The van der Waals surface area contributed by atoms with Gasteiger partial charge in [0, 0.05) is 18.8 Å². The first kappa shape index (κ1) is 16.5. The summed E-state index contributed by atoms with van der Waals surface area (Å²) >= 11 is 0. The van der Waals surface area contributed by atoms with Crippen LogP contribution in [0.25, 0.3) is 0 Å². The van der Waals surface area contributed by atoms with Crippen molar-refractivity contribution in [3.63, 3.8) is 0 Å². The van der Waals surface area contributed by atoms with E-state index in [1.807, 2.05) is 0 Å². The van der Waals surface area contributed by atoms with Crippen LogP contribution in [-0.4, -0.2) is 18.9 Å². The third-order valence-electron chi connectivity index (χ3n) is 5.00. The summed E-state index contributed by atoms with van der Waals surface area (Å²) < 4.78 is 11.0. The van der Waals surface area contributed by atoms with Crippen LogP contribution in [0.2, 0.25) is 0 Å². The Kier molecular flexibility index (Phi) is 5.86. The highest BCUT2D eigenvalue weighted by atomic mass is 16.7. The molecule has 2 rings (SSSR count). The summed E-state index contributed by atoms with van der Waals surface area (Å²) in [5, 5.41) is 0. The lowest BCUT2D eigenvalue weighted by Gasteiger charge is -2.29. The van der Waals surface area contributed by atoms with E-state index in [9.17, 15) is 4.79 Å². The molecule has 21 heavy (non-hydrogen) atoms. The molecule has 2 aliphatic rings. The lowest BCUT2D eigenvalue weighted by molar-refractivity contribution is -0.173. The van der Waals surface area contributed by atoms with Gasteiger partial charge in [-0.2, -0.15) is 0 Å². The molecular formula is C18H30O3. The Morgan fingerprint density at radius 2 is 2.24 bits per heavy atom. The Morgan fingerprint density at radius 3 is 2.90 bits per heavy atom. The number of ether oxygens (including phenoxy) is 2. The number of allylic oxidation sites excluding steroid dienone is 1. The Bertz CT molecular complexity index is 388. The molecule has 1 saturated heterocycles. The normalized spacial score (nSPS) is 31.2. The number of fused-ring (bicyclic) bond motifs is 1. The molecule has 0 spiro atoms. The number of rotatable bonds is 6.